The van der Waals surface area contributed by atoms with Crippen LogP contribution in [0.1, 0.15) is 33.1 Å². The molecule has 1 aliphatic rings. The first-order valence-corrected chi connectivity index (χ1v) is 4.20. The number of rotatable bonds is 3. The highest BCUT2D eigenvalue weighted by molar-refractivity contribution is 5.56. The molecule has 11 heavy (non-hydrogen) atoms. The first-order chi connectivity index (χ1) is 5.05. The van der Waals surface area contributed by atoms with E-state index in [9.17, 15) is 9.18 Å². The normalized spacial score (nSPS) is 22.5. The summed E-state index contributed by atoms with van der Waals surface area (Å²) in [4.78, 5) is 10.5. The summed E-state index contributed by atoms with van der Waals surface area (Å²) < 4.78 is 13.3. The van der Waals surface area contributed by atoms with Gasteiger partial charge in [-0.2, -0.15) is 0 Å². The molecule has 0 aromatic heterocycles. The van der Waals surface area contributed by atoms with Gasteiger partial charge < -0.3 is 4.79 Å². The maximum absolute atomic E-state index is 13.3. The van der Waals surface area contributed by atoms with Crippen molar-refractivity contribution >= 4 is 6.29 Å². The topological polar surface area (TPSA) is 17.1 Å². The molecule has 0 heterocycles. The summed E-state index contributed by atoms with van der Waals surface area (Å²) in [5.41, 5.74) is -1.33. The van der Waals surface area contributed by atoms with Gasteiger partial charge in [-0.1, -0.05) is 6.42 Å². The van der Waals surface area contributed by atoms with Crippen LogP contribution in [0.4, 0.5) is 4.39 Å². The molecule has 0 aromatic rings. The molecule has 1 unspecified atom stereocenters. The van der Waals surface area contributed by atoms with Gasteiger partial charge in [0.15, 0.2) is 0 Å². The predicted molar refractivity (Wildman–Crippen MR) is 42.1 cm³/mol. The standard InChI is InChI=1S/C9H15FO/c1-9(2,10)8(6-11)7-4-3-5-7/h6-8H,3-5H2,1-2H3. The number of carbonyl (C=O) groups is 1. The van der Waals surface area contributed by atoms with Gasteiger partial charge in [-0.3, -0.25) is 0 Å². The largest absolute Gasteiger partial charge is 0.303 e. The minimum absolute atomic E-state index is 0.312. The van der Waals surface area contributed by atoms with Gasteiger partial charge in [0.05, 0.1) is 5.92 Å². The Balaban J connectivity index is 2.54. The second kappa shape index (κ2) is 2.92. The quantitative estimate of drug-likeness (QED) is 0.576. The van der Waals surface area contributed by atoms with Crippen LogP contribution in [0.5, 0.6) is 0 Å². The van der Waals surface area contributed by atoms with Crippen LogP contribution >= 0.6 is 0 Å². The maximum atomic E-state index is 13.3. The number of hydrogen-bond acceptors (Lipinski definition) is 1. The zero-order chi connectivity index (χ0) is 8.48. The maximum Gasteiger partial charge on any atom is 0.126 e. The van der Waals surface area contributed by atoms with Crippen LogP contribution in [-0.4, -0.2) is 12.0 Å². The van der Waals surface area contributed by atoms with Crippen LogP contribution < -0.4 is 0 Å². The van der Waals surface area contributed by atoms with E-state index in [1.807, 2.05) is 0 Å². The second-order valence-electron chi connectivity index (χ2n) is 3.92. The molecule has 0 aromatic carbocycles. The lowest BCUT2D eigenvalue weighted by molar-refractivity contribution is -0.118. The third kappa shape index (κ3) is 1.79. The first kappa shape index (κ1) is 8.69. The Morgan fingerprint density at radius 1 is 1.55 bits per heavy atom. The number of alkyl halides is 1. The summed E-state index contributed by atoms with van der Waals surface area (Å²) in [6, 6.07) is 0. The molecule has 1 saturated carbocycles. The zero-order valence-corrected chi connectivity index (χ0v) is 7.14. The van der Waals surface area contributed by atoms with Crippen LogP contribution in [0, 0.1) is 11.8 Å². The van der Waals surface area contributed by atoms with Gasteiger partial charge in [0.25, 0.3) is 0 Å². The SMILES string of the molecule is CC(C)(F)C(C=O)C1CCC1. The van der Waals surface area contributed by atoms with Crippen LogP contribution in [0.3, 0.4) is 0 Å². The molecule has 1 fully saturated rings. The molecule has 0 aliphatic heterocycles. The van der Waals surface area contributed by atoms with Crippen LogP contribution in [0.2, 0.25) is 0 Å². The molecule has 0 saturated heterocycles. The van der Waals surface area contributed by atoms with E-state index in [2.05, 4.69) is 0 Å². The molecular weight excluding hydrogens is 143 g/mol. The van der Waals surface area contributed by atoms with Crippen LogP contribution in [0.25, 0.3) is 0 Å². The van der Waals surface area contributed by atoms with Crippen LogP contribution in [-0.2, 0) is 4.79 Å². The van der Waals surface area contributed by atoms with E-state index in [4.69, 9.17) is 0 Å². The molecule has 1 rings (SSSR count). The van der Waals surface area contributed by atoms with Gasteiger partial charge in [-0.05, 0) is 32.6 Å². The molecule has 2 heteroatoms. The highest BCUT2D eigenvalue weighted by Crippen LogP contribution is 2.39. The summed E-state index contributed by atoms with van der Waals surface area (Å²) in [7, 11) is 0. The summed E-state index contributed by atoms with van der Waals surface area (Å²) in [6.07, 6.45) is 3.99. The third-order valence-electron chi connectivity index (χ3n) is 2.60. The highest BCUT2D eigenvalue weighted by atomic mass is 19.1. The average molecular weight is 158 g/mol. The van der Waals surface area contributed by atoms with Crippen molar-refractivity contribution in [1.82, 2.24) is 0 Å². The van der Waals surface area contributed by atoms with Gasteiger partial charge in [-0.15, -0.1) is 0 Å². The van der Waals surface area contributed by atoms with Crippen molar-refractivity contribution in [3.8, 4) is 0 Å². The number of hydrogen-bond donors (Lipinski definition) is 0. The third-order valence-corrected chi connectivity index (χ3v) is 2.60. The zero-order valence-electron chi connectivity index (χ0n) is 7.14. The molecule has 64 valence electrons. The molecule has 0 amide bonds. The van der Waals surface area contributed by atoms with Crippen molar-refractivity contribution in [3.05, 3.63) is 0 Å². The lowest BCUT2D eigenvalue weighted by Crippen LogP contribution is -2.36. The number of carbonyl (C=O) groups excluding carboxylic acids is 1. The molecule has 1 nitrogen and oxygen atoms in total. The molecular formula is C9H15FO. The fraction of sp³-hybridized carbons (Fsp3) is 0.889. The minimum atomic E-state index is -1.33. The Kier molecular flexibility index (Phi) is 2.31. The Bertz CT molecular complexity index is 144. The van der Waals surface area contributed by atoms with Crippen molar-refractivity contribution in [2.45, 2.75) is 38.8 Å². The molecule has 1 aliphatic carbocycles. The van der Waals surface area contributed by atoms with Gasteiger partial charge in [-0.25, -0.2) is 4.39 Å². The van der Waals surface area contributed by atoms with E-state index >= 15 is 0 Å². The second-order valence-corrected chi connectivity index (χ2v) is 3.92. The van der Waals surface area contributed by atoms with E-state index in [1.54, 1.807) is 0 Å². The Morgan fingerprint density at radius 2 is 2.09 bits per heavy atom. The average Bonchev–Trinajstić information content (AvgIpc) is 1.74. The molecule has 0 radical (unpaired) electrons. The number of aldehydes is 1. The highest BCUT2D eigenvalue weighted by Gasteiger charge is 2.38. The van der Waals surface area contributed by atoms with Crippen LogP contribution in [0.15, 0.2) is 0 Å². The van der Waals surface area contributed by atoms with Crippen molar-refractivity contribution in [2.75, 3.05) is 0 Å². The van der Waals surface area contributed by atoms with Crippen molar-refractivity contribution in [2.24, 2.45) is 11.8 Å². The molecule has 0 bridgehead atoms. The molecule has 0 N–H and O–H groups in total. The molecule has 1 atom stereocenters. The fourth-order valence-corrected chi connectivity index (χ4v) is 1.63. The number of halogens is 1. The van der Waals surface area contributed by atoms with Gasteiger partial charge >= 0.3 is 0 Å². The van der Waals surface area contributed by atoms with E-state index in [-0.39, 0.29) is 5.92 Å². The van der Waals surface area contributed by atoms with Crippen molar-refractivity contribution < 1.29 is 9.18 Å². The fourth-order valence-electron chi connectivity index (χ4n) is 1.63. The van der Waals surface area contributed by atoms with E-state index < -0.39 is 5.67 Å². The minimum Gasteiger partial charge on any atom is -0.303 e. The Hall–Kier alpha value is -0.400. The van der Waals surface area contributed by atoms with Gasteiger partial charge in [0, 0.05) is 0 Å². The van der Waals surface area contributed by atoms with E-state index in [0.717, 1.165) is 25.5 Å². The lowest BCUT2D eigenvalue weighted by Gasteiger charge is -2.35. The van der Waals surface area contributed by atoms with Crippen molar-refractivity contribution in [1.29, 1.82) is 0 Å². The Morgan fingerprint density at radius 3 is 2.18 bits per heavy atom. The summed E-state index contributed by atoms with van der Waals surface area (Å²) in [6.45, 7) is 2.98. The van der Waals surface area contributed by atoms with Gasteiger partial charge in [0.1, 0.15) is 12.0 Å². The first-order valence-electron chi connectivity index (χ1n) is 4.20. The summed E-state index contributed by atoms with van der Waals surface area (Å²) in [5, 5.41) is 0. The predicted octanol–water partition coefficient (Wildman–Crippen LogP) is 2.35. The van der Waals surface area contributed by atoms with Gasteiger partial charge in [0.2, 0.25) is 0 Å². The van der Waals surface area contributed by atoms with Crippen molar-refractivity contribution in [3.63, 3.8) is 0 Å². The monoisotopic (exact) mass is 158 g/mol. The van der Waals surface area contributed by atoms with E-state index in [0.29, 0.717) is 5.92 Å². The van der Waals surface area contributed by atoms with E-state index in [1.165, 1.54) is 13.8 Å². The molecule has 0 spiro atoms. The smallest absolute Gasteiger partial charge is 0.126 e. The lowest BCUT2D eigenvalue weighted by atomic mass is 9.71. The summed E-state index contributed by atoms with van der Waals surface area (Å²) >= 11 is 0. The summed E-state index contributed by atoms with van der Waals surface area (Å²) in [5.74, 6) is -0.0660. The Labute approximate surface area is 67.0 Å².